The van der Waals surface area contributed by atoms with E-state index < -0.39 is 28.0 Å². The van der Waals surface area contributed by atoms with Gasteiger partial charge in [0.1, 0.15) is 5.75 Å². The minimum Gasteiger partial charge on any atom is -0.494 e. The van der Waals surface area contributed by atoms with Crippen molar-refractivity contribution in [3.8, 4) is 5.75 Å². The molecule has 0 aromatic heterocycles. The third kappa shape index (κ3) is 5.75. The highest BCUT2D eigenvalue weighted by molar-refractivity contribution is 7.89. The Kier molecular flexibility index (Phi) is 7.90. The molecule has 0 spiro atoms. The molecule has 172 valence electrons. The topological polar surface area (TPSA) is 102 Å². The number of hydrogen-bond acceptors (Lipinski definition) is 7. The third-order valence-corrected chi connectivity index (χ3v) is 7.44. The zero-order valence-corrected chi connectivity index (χ0v) is 18.8. The van der Waals surface area contributed by atoms with E-state index in [4.69, 9.17) is 14.2 Å². The lowest BCUT2D eigenvalue weighted by molar-refractivity contribution is -0.164. The maximum absolute atomic E-state index is 12.9. The Labute approximate surface area is 183 Å². The molecular formula is C21H30N2O7S. The number of rotatable bonds is 7. The first-order valence-corrected chi connectivity index (χ1v) is 12.1. The van der Waals surface area contributed by atoms with Crippen LogP contribution in [0.5, 0.6) is 5.75 Å². The Hall–Kier alpha value is -2.17. The van der Waals surface area contributed by atoms with Gasteiger partial charge in [-0.3, -0.25) is 9.59 Å². The van der Waals surface area contributed by atoms with Gasteiger partial charge in [0.2, 0.25) is 10.0 Å². The standard InChI is InChI=1S/C21H30N2O7S/c1-3-29-18-4-6-19(7-5-18)31(26,27)23-10-8-17(9-11-23)21(25)30-16(2)20(24)22-12-14-28-15-13-22/h4-7,16-17H,3,8-15H2,1-2H3/t16-/m1/s1. The Morgan fingerprint density at radius 2 is 1.71 bits per heavy atom. The van der Waals surface area contributed by atoms with Gasteiger partial charge in [-0.25, -0.2) is 8.42 Å². The van der Waals surface area contributed by atoms with Gasteiger partial charge < -0.3 is 19.1 Å². The SMILES string of the molecule is CCOc1ccc(S(=O)(=O)N2CCC(C(=O)O[C@H](C)C(=O)N3CCOCC3)CC2)cc1. The molecule has 31 heavy (non-hydrogen) atoms. The predicted octanol–water partition coefficient (Wildman–Crippen LogP) is 1.28. The van der Waals surface area contributed by atoms with Crippen LogP contribution in [0.25, 0.3) is 0 Å². The second-order valence-corrected chi connectivity index (χ2v) is 9.54. The number of morpholine rings is 1. The van der Waals surface area contributed by atoms with Gasteiger partial charge in [0.15, 0.2) is 6.10 Å². The Morgan fingerprint density at radius 1 is 1.10 bits per heavy atom. The van der Waals surface area contributed by atoms with Crippen LogP contribution in [-0.2, 0) is 29.1 Å². The van der Waals surface area contributed by atoms with Gasteiger partial charge in [-0.2, -0.15) is 4.31 Å². The van der Waals surface area contributed by atoms with Crippen molar-refractivity contribution in [3.63, 3.8) is 0 Å². The number of carbonyl (C=O) groups is 2. The number of hydrogen-bond donors (Lipinski definition) is 0. The summed E-state index contributed by atoms with van der Waals surface area (Å²) in [5.41, 5.74) is 0. The predicted molar refractivity (Wildman–Crippen MR) is 112 cm³/mol. The van der Waals surface area contributed by atoms with Crippen LogP contribution in [0.2, 0.25) is 0 Å². The summed E-state index contributed by atoms with van der Waals surface area (Å²) in [5, 5.41) is 0. The molecule has 0 unspecified atom stereocenters. The van der Waals surface area contributed by atoms with Gasteiger partial charge in [-0.05, 0) is 51.0 Å². The molecular weight excluding hydrogens is 424 g/mol. The summed E-state index contributed by atoms with van der Waals surface area (Å²) < 4.78 is 43.1. The van der Waals surface area contributed by atoms with Gasteiger partial charge in [0.25, 0.3) is 5.91 Å². The Bertz CT molecular complexity index is 858. The lowest BCUT2D eigenvalue weighted by Gasteiger charge is -2.32. The van der Waals surface area contributed by atoms with Crippen LogP contribution in [0.3, 0.4) is 0 Å². The summed E-state index contributed by atoms with van der Waals surface area (Å²) in [6, 6.07) is 6.32. The van der Waals surface area contributed by atoms with Gasteiger partial charge >= 0.3 is 5.97 Å². The summed E-state index contributed by atoms with van der Waals surface area (Å²) in [7, 11) is -3.64. The first-order chi connectivity index (χ1) is 14.8. The fraction of sp³-hybridized carbons (Fsp3) is 0.619. The van der Waals surface area contributed by atoms with Gasteiger partial charge in [0, 0.05) is 26.2 Å². The minimum absolute atomic E-state index is 0.196. The smallest absolute Gasteiger partial charge is 0.309 e. The number of ether oxygens (including phenoxy) is 3. The molecule has 2 aliphatic heterocycles. The Morgan fingerprint density at radius 3 is 2.29 bits per heavy atom. The van der Waals surface area contributed by atoms with Gasteiger partial charge in [-0.1, -0.05) is 0 Å². The van der Waals surface area contributed by atoms with E-state index in [1.807, 2.05) is 6.92 Å². The van der Waals surface area contributed by atoms with Crippen molar-refractivity contribution in [3.05, 3.63) is 24.3 Å². The molecule has 2 heterocycles. The molecule has 1 aromatic carbocycles. The molecule has 0 aliphatic carbocycles. The number of benzene rings is 1. The van der Waals surface area contributed by atoms with Gasteiger partial charge in [-0.15, -0.1) is 0 Å². The zero-order valence-electron chi connectivity index (χ0n) is 18.0. The van der Waals surface area contributed by atoms with E-state index in [0.717, 1.165) is 0 Å². The van der Waals surface area contributed by atoms with E-state index in [0.29, 0.717) is 51.5 Å². The molecule has 3 rings (SSSR count). The monoisotopic (exact) mass is 454 g/mol. The van der Waals surface area contributed by atoms with Crippen LogP contribution in [-0.4, -0.2) is 81.6 Å². The maximum atomic E-state index is 12.9. The summed E-state index contributed by atoms with van der Waals surface area (Å²) in [6.45, 7) is 6.32. The van der Waals surface area contributed by atoms with E-state index >= 15 is 0 Å². The van der Waals surface area contributed by atoms with Crippen molar-refractivity contribution in [2.75, 3.05) is 46.0 Å². The first kappa shape index (κ1) is 23.5. The van der Waals surface area contributed by atoms with E-state index in [2.05, 4.69) is 0 Å². The zero-order chi connectivity index (χ0) is 22.4. The number of sulfonamides is 1. The number of carbonyl (C=O) groups excluding carboxylic acids is 2. The highest BCUT2D eigenvalue weighted by Crippen LogP contribution is 2.26. The molecule has 0 radical (unpaired) electrons. The lowest BCUT2D eigenvalue weighted by Crippen LogP contribution is -2.47. The van der Waals surface area contributed by atoms with Crippen molar-refractivity contribution >= 4 is 21.9 Å². The number of nitrogens with zero attached hydrogens (tertiary/aromatic N) is 2. The summed E-state index contributed by atoms with van der Waals surface area (Å²) in [5.74, 6) is -0.491. The van der Waals surface area contributed by atoms with Crippen molar-refractivity contribution in [2.45, 2.75) is 37.7 Å². The van der Waals surface area contributed by atoms with Crippen LogP contribution in [0.15, 0.2) is 29.2 Å². The quantitative estimate of drug-likeness (QED) is 0.572. The second-order valence-electron chi connectivity index (χ2n) is 7.60. The number of amides is 1. The van der Waals surface area contributed by atoms with E-state index in [-0.39, 0.29) is 23.9 Å². The van der Waals surface area contributed by atoms with E-state index in [1.165, 1.54) is 16.4 Å². The molecule has 0 N–H and O–H groups in total. The molecule has 2 saturated heterocycles. The highest BCUT2D eigenvalue weighted by atomic mass is 32.2. The van der Waals surface area contributed by atoms with E-state index in [9.17, 15) is 18.0 Å². The van der Waals surface area contributed by atoms with Crippen molar-refractivity contribution in [1.29, 1.82) is 0 Å². The maximum Gasteiger partial charge on any atom is 0.309 e. The largest absolute Gasteiger partial charge is 0.494 e. The average molecular weight is 455 g/mol. The second kappa shape index (κ2) is 10.4. The fourth-order valence-corrected chi connectivity index (χ4v) is 5.19. The van der Waals surface area contributed by atoms with Crippen LogP contribution in [0.1, 0.15) is 26.7 Å². The first-order valence-electron chi connectivity index (χ1n) is 10.6. The van der Waals surface area contributed by atoms with Crippen molar-refractivity contribution < 1.29 is 32.2 Å². The van der Waals surface area contributed by atoms with Crippen LogP contribution in [0, 0.1) is 5.92 Å². The molecule has 1 atom stereocenters. The molecule has 0 saturated carbocycles. The molecule has 0 bridgehead atoms. The van der Waals surface area contributed by atoms with Crippen LogP contribution < -0.4 is 4.74 Å². The minimum atomic E-state index is -3.64. The number of piperidine rings is 1. The molecule has 2 aliphatic rings. The van der Waals surface area contributed by atoms with Gasteiger partial charge in [0.05, 0.1) is 30.6 Å². The molecule has 9 nitrogen and oxygen atoms in total. The summed E-state index contributed by atoms with van der Waals surface area (Å²) in [4.78, 5) is 26.8. The average Bonchev–Trinajstić information content (AvgIpc) is 2.79. The summed E-state index contributed by atoms with van der Waals surface area (Å²) >= 11 is 0. The third-order valence-electron chi connectivity index (χ3n) is 5.52. The van der Waals surface area contributed by atoms with Crippen molar-refractivity contribution in [2.24, 2.45) is 5.92 Å². The van der Waals surface area contributed by atoms with Crippen LogP contribution in [0.4, 0.5) is 0 Å². The lowest BCUT2D eigenvalue weighted by atomic mass is 9.98. The molecule has 1 amide bonds. The highest BCUT2D eigenvalue weighted by Gasteiger charge is 2.34. The molecule has 2 fully saturated rings. The van der Waals surface area contributed by atoms with Crippen molar-refractivity contribution in [1.82, 2.24) is 9.21 Å². The number of esters is 1. The van der Waals surface area contributed by atoms with Crippen LogP contribution >= 0.6 is 0 Å². The van der Waals surface area contributed by atoms with E-state index in [1.54, 1.807) is 24.0 Å². The fourth-order valence-electron chi connectivity index (χ4n) is 3.72. The normalized spacial score (nSPS) is 19.6. The Balaban J connectivity index is 1.52. The molecule has 1 aromatic rings. The molecule has 10 heteroatoms. The summed E-state index contributed by atoms with van der Waals surface area (Å²) in [6.07, 6.45) is -0.155.